The molecule has 0 aliphatic heterocycles. The molecular weight excluding hydrogens is 229 g/mol. The smallest absolute Gasteiger partial charge is 0.127 e. The van der Waals surface area contributed by atoms with Crippen molar-refractivity contribution in [1.29, 1.82) is 0 Å². The summed E-state index contributed by atoms with van der Waals surface area (Å²) in [5.74, 6) is -0.313. The molecule has 1 rings (SSSR count). The van der Waals surface area contributed by atoms with E-state index in [0.29, 0.717) is 30.0 Å². The second kappa shape index (κ2) is 5.62. The largest absolute Gasteiger partial charge is 0.383 e. The van der Waals surface area contributed by atoms with Gasteiger partial charge in [0, 0.05) is 23.2 Å². The number of nitrogens with two attached hydrogens (primary N) is 1. The highest BCUT2D eigenvalue weighted by Crippen LogP contribution is 2.24. The highest BCUT2D eigenvalue weighted by Gasteiger charge is 2.25. The van der Waals surface area contributed by atoms with E-state index >= 15 is 0 Å². The third-order valence-electron chi connectivity index (χ3n) is 2.73. The van der Waals surface area contributed by atoms with Crippen molar-refractivity contribution in [2.24, 2.45) is 5.73 Å². The Hall–Kier alpha value is -0.640. The van der Waals surface area contributed by atoms with Crippen LogP contribution in [0.25, 0.3) is 0 Å². The van der Waals surface area contributed by atoms with Crippen LogP contribution in [-0.4, -0.2) is 19.3 Å². The van der Waals surface area contributed by atoms with Crippen molar-refractivity contribution in [1.82, 2.24) is 0 Å². The lowest BCUT2D eigenvalue weighted by Crippen LogP contribution is -2.46. The highest BCUT2D eigenvalue weighted by molar-refractivity contribution is 6.31. The molecule has 2 nitrogen and oxygen atoms in total. The summed E-state index contributed by atoms with van der Waals surface area (Å²) < 4.78 is 18.6. The van der Waals surface area contributed by atoms with Gasteiger partial charge in [0.1, 0.15) is 5.82 Å². The van der Waals surface area contributed by atoms with Gasteiger partial charge >= 0.3 is 0 Å². The van der Waals surface area contributed by atoms with Crippen LogP contribution in [0.3, 0.4) is 0 Å². The molecular formula is C12H17ClFNO. The summed E-state index contributed by atoms with van der Waals surface area (Å²) in [5.41, 5.74) is 6.02. The minimum Gasteiger partial charge on any atom is -0.383 e. The number of halogens is 2. The summed E-state index contributed by atoms with van der Waals surface area (Å²) in [6.07, 6.45) is 1.08. The SMILES string of the molecule is CCC(N)(COC)Cc1c(F)cccc1Cl. The van der Waals surface area contributed by atoms with Gasteiger partial charge in [-0.15, -0.1) is 0 Å². The summed E-state index contributed by atoms with van der Waals surface area (Å²) in [5, 5.41) is 0.416. The van der Waals surface area contributed by atoms with Crippen molar-refractivity contribution in [3.8, 4) is 0 Å². The van der Waals surface area contributed by atoms with Crippen LogP contribution < -0.4 is 5.73 Å². The summed E-state index contributed by atoms with van der Waals surface area (Å²) in [6.45, 7) is 2.34. The van der Waals surface area contributed by atoms with E-state index in [0.717, 1.165) is 0 Å². The zero-order valence-electron chi connectivity index (χ0n) is 9.59. The molecule has 0 bridgehead atoms. The monoisotopic (exact) mass is 245 g/mol. The van der Waals surface area contributed by atoms with E-state index in [1.807, 2.05) is 6.92 Å². The topological polar surface area (TPSA) is 35.2 Å². The van der Waals surface area contributed by atoms with Crippen LogP contribution in [0.4, 0.5) is 4.39 Å². The first-order valence-electron chi connectivity index (χ1n) is 5.23. The van der Waals surface area contributed by atoms with E-state index in [9.17, 15) is 4.39 Å². The third kappa shape index (κ3) is 3.17. The maximum atomic E-state index is 13.6. The fraction of sp³-hybridized carbons (Fsp3) is 0.500. The van der Waals surface area contributed by atoms with Crippen molar-refractivity contribution < 1.29 is 9.13 Å². The standard InChI is InChI=1S/C12H17ClFNO/c1-3-12(15,8-16-2)7-9-10(13)5-4-6-11(9)14/h4-6H,3,7-8,15H2,1-2H3. The Bertz CT molecular complexity index is 339. The fourth-order valence-electron chi connectivity index (χ4n) is 1.62. The number of rotatable bonds is 5. The molecule has 0 radical (unpaired) electrons. The van der Waals surface area contributed by atoms with Crippen molar-refractivity contribution in [3.63, 3.8) is 0 Å². The zero-order valence-corrected chi connectivity index (χ0v) is 10.4. The molecule has 4 heteroatoms. The molecule has 0 aromatic heterocycles. The molecule has 1 aromatic carbocycles. The van der Waals surface area contributed by atoms with Crippen LogP contribution in [0.1, 0.15) is 18.9 Å². The highest BCUT2D eigenvalue weighted by atomic mass is 35.5. The molecule has 90 valence electrons. The van der Waals surface area contributed by atoms with Crippen LogP contribution >= 0.6 is 11.6 Å². The van der Waals surface area contributed by atoms with Crippen LogP contribution in [0.5, 0.6) is 0 Å². The molecule has 2 N–H and O–H groups in total. The lowest BCUT2D eigenvalue weighted by Gasteiger charge is -2.27. The molecule has 1 atom stereocenters. The molecule has 0 aliphatic carbocycles. The molecule has 0 amide bonds. The first-order chi connectivity index (χ1) is 7.52. The maximum Gasteiger partial charge on any atom is 0.127 e. The average Bonchev–Trinajstić information content (AvgIpc) is 2.24. The number of methoxy groups -OCH3 is 1. The van der Waals surface area contributed by atoms with Gasteiger partial charge in [0.05, 0.1) is 6.61 Å². The van der Waals surface area contributed by atoms with Gasteiger partial charge in [-0.1, -0.05) is 24.6 Å². The van der Waals surface area contributed by atoms with Gasteiger partial charge in [-0.2, -0.15) is 0 Å². The van der Waals surface area contributed by atoms with E-state index in [4.69, 9.17) is 22.1 Å². The van der Waals surface area contributed by atoms with Gasteiger partial charge in [-0.3, -0.25) is 0 Å². The van der Waals surface area contributed by atoms with Gasteiger partial charge in [0.25, 0.3) is 0 Å². The van der Waals surface area contributed by atoms with E-state index in [1.54, 1.807) is 19.2 Å². The third-order valence-corrected chi connectivity index (χ3v) is 3.08. The van der Waals surface area contributed by atoms with Crippen LogP contribution in [-0.2, 0) is 11.2 Å². The molecule has 0 heterocycles. The summed E-state index contributed by atoms with van der Waals surface area (Å²) in [4.78, 5) is 0. The molecule has 16 heavy (non-hydrogen) atoms. The Morgan fingerprint density at radius 2 is 2.19 bits per heavy atom. The maximum absolute atomic E-state index is 13.6. The normalized spacial score (nSPS) is 14.8. The number of ether oxygens (including phenoxy) is 1. The Labute approximate surface area is 101 Å². The van der Waals surface area contributed by atoms with Gasteiger partial charge in [-0.25, -0.2) is 4.39 Å². The van der Waals surface area contributed by atoms with E-state index < -0.39 is 5.54 Å². The predicted octanol–water partition coefficient (Wildman–Crippen LogP) is 2.78. The number of hydrogen-bond donors (Lipinski definition) is 1. The molecule has 0 spiro atoms. The summed E-state index contributed by atoms with van der Waals surface area (Å²) >= 11 is 5.96. The minimum atomic E-state index is -0.569. The Morgan fingerprint density at radius 1 is 1.50 bits per heavy atom. The van der Waals surface area contributed by atoms with Gasteiger partial charge in [-0.05, 0) is 25.0 Å². The van der Waals surface area contributed by atoms with Gasteiger partial charge in [0.2, 0.25) is 0 Å². The van der Waals surface area contributed by atoms with Crippen molar-refractivity contribution >= 4 is 11.6 Å². The second-order valence-corrected chi connectivity index (χ2v) is 4.43. The number of hydrogen-bond acceptors (Lipinski definition) is 2. The van der Waals surface area contributed by atoms with Crippen LogP contribution in [0.2, 0.25) is 5.02 Å². The molecule has 1 aromatic rings. The van der Waals surface area contributed by atoms with Crippen molar-refractivity contribution in [2.45, 2.75) is 25.3 Å². The molecule has 0 saturated heterocycles. The van der Waals surface area contributed by atoms with E-state index in [2.05, 4.69) is 0 Å². The molecule has 0 aliphatic rings. The van der Waals surface area contributed by atoms with Crippen LogP contribution in [0.15, 0.2) is 18.2 Å². The zero-order chi connectivity index (χ0) is 12.2. The lowest BCUT2D eigenvalue weighted by molar-refractivity contribution is 0.129. The molecule has 1 unspecified atom stereocenters. The van der Waals surface area contributed by atoms with Gasteiger partial charge in [0.15, 0.2) is 0 Å². The number of benzene rings is 1. The van der Waals surface area contributed by atoms with Gasteiger partial charge < -0.3 is 10.5 Å². The van der Waals surface area contributed by atoms with Crippen LogP contribution in [0, 0.1) is 5.82 Å². The Balaban J connectivity index is 2.94. The first kappa shape index (κ1) is 13.4. The quantitative estimate of drug-likeness (QED) is 0.866. The first-order valence-corrected chi connectivity index (χ1v) is 5.61. The molecule has 0 saturated carbocycles. The predicted molar refractivity (Wildman–Crippen MR) is 64.2 cm³/mol. The Morgan fingerprint density at radius 3 is 2.69 bits per heavy atom. The van der Waals surface area contributed by atoms with Crippen molar-refractivity contribution in [3.05, 3.63) is 34.6 Å². The Kier molecular flexibility index (Phi) is 4.71. The molecule has 0 fully saturated rings. The summed E-state index contributed by atoms with van der Waals surface area (Å²) in [6, 6.07) is 4.65. The van der Waals surface area contributed by atoms with E-state index in [-0.39, 0.29) is 5.82 Å². The van der Waals surface area contributed by atoms with E-state index in [1.165, 1.54) is 6.07 Å². The fourth-order valence-corrected chi connectivity index (χ4v) is 1.85. The summed E-state index contributed by atoms with van der Waals surface area (Å²) in [7, 11) is 1.58. The lowest BCUT2D eigenvalue weighted by atomic mass is 9.90. The average molecular weight is 246 g/mol. The van der Waals surface area contributed by atoms with Crippen molar-refractivity contribution in [2.75, 3.05) is 13.7 Å². The second-order valence-electron chi connectivity index (χ2n) is 4.03. The minimum absolute atomic E-state index is 0.313.